The summed E-state index contributed by atoms with van der Waals surface area (Å²) in [7, 11) is 2.50. The third-order valence-corrected chi connectivity index (χ3v) is 5.46. The van der Waals surface area contributed by atoms with E-state index in [4.69, 9.17) is 18.9 Å². The molecule has 0 radical (unpaired) electrons. The van der Waals surface area contributed by atoms with E-state index in [1.165, 1.54) is 21.0 Å². The Kier molecular flexibility index (Phi) is 8.55. The summed E-state index contributed by atoms with van der Waals surface area (Å²) in [6, 6.07) is -1.06. The number of halogens is 1. The van der Waals surface area contributed by atoms with Gasteiger partial charge in [-0.1, -0.05) is 15.9 Å². The molecule has 1 aromatic heterocycles. The minimum absolute atomic E-state index is 0.299. The molecule has 0 aliphatic carbocycles. The van der Waals surface area contributed by atoms with E-state index in [1.54, 1.807) is 0 Å². The van der Waals surface area contributed by atoms with Crippen LogP contribution < -0.4 is 11.2 Å². The second kappa shape index (κ2) is 10.7. The fourth-order valence-corrected chi connectivity index (χ4v) is 3.88. The largest absolute Gasteiger partial charge is 0.494 e. The number of hydrogen-bond donors (Lipinski definition) is 1. The first-order valence-corrected chi connectivity index (χ1v) is 10.6. The summed E-state index contributed by atoms with van der Waals surface area (Å²) in [6.07, 6.45) is -2.41. The lowest BCUT2D eigenvalue weighted by Crippen LogP contribution is -2.59. The Hall–Kier alpha value is -3.00. The molecule has 1 aliphatic heterocycles. The second-order valence-corrected chi connectivity index (χ2v) is 8.09. The number of aliphatic imine (C=N–C) groups is 1. The van der Waals surface area contributed by atoms with Crippen LogP contribution in [0.5, 0.6) is 5.88 Å². The fraction of sp³-hybridized carbons (Fsp3) is 0.579. The molecule has 2 unspecified atom stereocenters. The van der Waals surface area contributed by atoms with Crippen LogP contribution in [0.2, 0.25) is 0 Å². The SMILES string of the molecule is CC(=O)OCC1O[C@H](Br)C(N=Cc2c(O)n(C)c(=O)n(C)c2=O)[C@@H](OC(C)=O)[C@H]1OC(C)=O. The highest BCUT2D eigenvalue weighted by molar-refractivity contribution is 9.09. The van der Waals surface area contributed by atoms with Crippen LogP contribution in [-0.4, -0.2) is 74.3 Å². The number of nitrogens with zero attached hydrogens (tertiary/aromatic N) is 3. The summed E-state index contributed by atoms with van der Waals surface area (Å²) in [5.74, 6) is -2.65. The molecule has 2 rings (SSSR count). The number of aromatic nitrogens is 2. The molecule has 1 N–H and O–H groups in total. The predicted molar refractivity (Wildman–Crippen MR) is 115 cm³/mol. The van der Waals surface area contributed by atoms with Crippen molar-refractivity contribution in [2.24, 2.45) is 19.1 Å². The lowest BCUT2D eigenvalue weighted by molar-refractivity contribution is -0.207. The van der Waals surface area contributed by atoms with Gasteiger partial charge >= 0.3 is 23.6 Å². The van der Waals surface area contributed by atoms with Gasteiger partial charge in [0, 0.05) is 41.1 Å². The zero-order valence-corrected chi connectivity index (χ0v) is 20.1. The molecule has 5 atom stereocenters. The van der Waals surface area contributed by atoms with Crippen molar-refractivity contribution in [3.05, 3.63) is 26.4 Å². The van der Waals surface area contributed by atoms with E-state index < -0.39 is 64.4 Å². The molecule has 0 aromatic carbocycles. The fourth-order valence-electron chi connectivity index (χ4n) is 3.16. The molecule has 0 spiro atoms. The standard InChI is InChI=1S/C19H24BrN3O10/c1-8(24)30-7-12-14(31-9(2)25)15(32-10(3)26)13(16(20)33-12)21-6-11-17(27)22(4)19(29)23(5)18(11)28/h6,12-16,27H,7H2,1-5H3/t12?,13?,14-,15+,16-/m0/s1. The lowest BCUT2D eigenvalue weighted by atomic mass is 9.98. The zero-order valence-electron chi connectivity index (χ0n) is 18.5. The van der Waals surface area contributed by atoms with Crippen molar-refractivity contribution < 1.29 is 38.4 Å². The zero-order chi connectivity index (χ0) is 25.0. The number of alkyl halides is 1. The Morgan fingerprint density at radius 2 is 1.64 bits per heavy atom. The Labute approximate surface area is 196 Å². The molecule has 0 saturated carbocycles. The molecule has 33 heavy (non-hydrogen) atoms. The third-order valence-electron chi connectivity index (χ3n) is 4.70. The summed E-state index contributed by atoms with van der Waals surface area (Å²) in [5.41, 5.74) is -1.85. The molecule has 13 nitrogen and oxygen atoms in total. The maximum atomic E-state index is 12.4. The van der Waals surface area contributed by atoms with Gasteiger partial charge in [0.15, 0.2) is 12.2 Å². The van der Waals surface area contributed by atoms with Gasteiger partial charge in [0.1, 0.15) is 29.3 Å². The summed E-state index contributed by atoms with van der Waals surface area (Å²) in [6.45, 7) is 3.16. The highest BCUT2D eigenvalue weighted by atomic mass is 79.9. The first-order chi connectivity index (χ1) is 15.3. The summed E-state index contributed by atoms with van der Waals surface area (Å²) < 4.78 is 23.0. The Bertz CT molecular complexity index is 1080. The molecular weight excluding hydrogens is 510 g/mol. The smallest absolute Gasteiger partial charge is 0.333 e. The van der Waals surface area contributed by atoms with Crippen LogP contribution in [0.15, 0.2) is 14.6 Å². The van der Waals surface area contributed by atoms with Crippen LogP contribution in [0, 0.1) is 0 Å². The van der Waals surface area contributed by atoms with E-state index in [2.05, 4.69) is 20.9 Å². The number of carbonyl (C=O) groups excluding carboxylic acids is 3. The van der Waals surface area contributed by atoms with Gasteiger partial charge in [-0.05, 0) is 0 Å². The van der Waals surface area contributed by atoms with Crippen molar-refractivity contribution in [2.75, 3.05) is 6.61 Å². The summed E-state index contributed by atoms with van der Waals surface area (Å²) in [5, 5.41) is 9.30. The predicted octanol–water partition coefficient (Wildman–Crippen LogP) is -0.877. The maximum Gasteiger partial charge on any atom is 0.333 e. The highest BCUT2D eigenvalue weighted by Gasteiger charge is 2.49. The van der Waals surface area contributed by atoms with Crippen molar-refractivity contribution in [2.45, 2.75) is 50.1 Å². The molecule has 2 heterocycles. The van der Waals surface area contributed by atoms with Crippen molar-refractivity contribution in [3.63, 3.8) is 0 Å². The molecule has 1 fully saturated rings. The monoisotopic (exact) mass is 533 g/mol. The van der Waals surface area contributed by atoms with E-state index in [0.717, 1.165) is 29.2 Å². The normalized spacial score (nSPS) is 25.0. The number of ether oxygens (including phenoxy) is 4. The van der Waals surface area contributed by atoms with Gasteiger partial charge < -0.3 is 24.1 Å². The minimum Gasteiger partial charge on any atom is -0.494 e. The average molecular weight is 534 g/mol. The van der Waals surface area contributed by atoms with E-state index in [-0.39, 0.29) is 12.2 Å². The van der Waals surface area contributed by atoms with Crippen LogP contribution in [0.3, 0.4) is 0 Å². The quantitative estimate of drug-likeness (QED) is 0.210. The van der Waals surface area contributed by atoms with Crippen LogP contribution in [-0.2, 0) is 47.4 Å². The van der Waals surface area contributed by atoms with Gasteiger partial charge in [0.2, 0.25) is 5.88 Å². The maximum absolute atomic E-state index is 12.4. The second-order valence-electron chi connectivity index (χ2n) is 7.19. The summed E-state index contributed by atoms with van der Waals surface area (Å²) in [4.78, 5) is 63.3. The topological polar surface area (TPSA) is 165 Å². The number of carbonyl (C=O) groups is 3. The first-order valence-electron chi connectivity index (χ1n) is 9.64. The Morgan fingerprint density at radius 3 is 2.18 bits per heavy atom. The van der Waals surface area contributed by atoms with Crippen molar-refractivity contribution >= 4 is 40.1 Å². The minimum atomic E-state index is -1.21. The van der Waals surface area contributed by atoms with Gasteiger partial charge in [-0.3, -0.25) is 33.3 Å². The van der Waals surface area contributed by atoms with Crippen molar-refractivity contribution in [1.29, 1.82) is 0 Å². The van der Waals surface area contributed by atoms with Gasteiger partial charge in [-0.25, -0.2) is 4.79 Å². The molecular formula is C19H24BrN3O10. The number of esters is 3. The van der Waals surface area contributed by atoms with E-state index in [1.807, 2.05) is 0 Å². The third kappa shape index (κ3) is 6.07. The highest BCUT2D eigenvalue weighted by Crippen LogP contribution is 2.31. The number of rotatable bonds is 6. The van der Waals surface area contributed by atoms with Gasteiger partial charge in [-0.2, -0.15) is 0 Å². The molecule has 0 bridgehead atoms. The molecule has 1 saturated heterocycles. The molecule has 0 amide bonds. The lowest BCUT2D eigenvalue weighted by Gasteiger charge is -2.42. The molecule has 1 aromatic rings. The molecule has 182 valence electrons. The average Bonchev–Trinajstić information content (AvgIpc) is 2.72. The Morgan fingerprint density at radius 1 is 1.06 bits per heavy atom. The number of aromatic hydroxyl groups is 1. The van der Waals surface area contributed by atoms with E-state index in [0.29, 0.717) is 0 Å². The van der Waals surface area contributed by atoms with Crippen LogP contribution in [0.1, 0.15) is 26.3 Å². The van der Waals surface area contributed by atoms with E-state index in [9.17, 15) is 29.1 Å². The van der Waals surface area contributed by atoms with E-state index >= 15 is 0 Å². The first kappa shape index (κ1) is 26.3. The van der Waals surface area contributed by atoms with Crippen molar-refractivity contribution in [3.8, 4) is 5.88 Å². The van der Waals surface area contributed by atoms with Crippen LogP contribution >= 0.6 is 15.9 Å². The van der Waals surface area contributed by atoms with Crippen molar-refractivity contribution in [1.82, 2.24) is 9.13 Å². The molecule has 14 heteroatoms. The number of hydrogen-bond acceptors (Lipinski definition) is 11. The van der Waals surface area contributed by atoms with Gasteiger partial charge in [0.05, 0.1) is 0 Å². The summed E-state index contributed by atoms with van der Waals surface area (Å²) >= 11 is 3.27. The van der Waals surface area contributed by atoms with Gasteiger partial charge in [0.25, 0.3) is 5.56 Å². The van der Waals surface area contributed by atoms with Crippen LogP contribution in [0.25, 0.3) is 0 Å². The van der Waals surface area contributed by atoms with Crippen LogP contribution in [0.4, 0.5) is 0 Å². The Balaban J connectivity index is 2.51. The van der Waals surface area contributed by atoms with Gasteiger partial charge in [-0.15, -0.1) is 0 Å². The molecule has 1 aliphatic rings.